The predicted octanol–water partition coefficient (Wildman–Crippen LogP) is 1.01. The maximum atomic E-state index is 9.86. The number of ether oxygens (including phenoxy) is 2. The minimum Gasteiger partial charge on any atom is -0.394 e. The van der Waals surface area contributed by atoms with Gasteiger partial charge in [-0.2, -0.15) is 0 Å². The molecule has 0 aromatic carbocycles. The molecule has 0 saturated carbocycles. The Morgan fingerprint density at radius 1 is 1.15 bits per heavy atom. The van der Waals surface area contributed by atoms with E-state index in [2.05, 4.69) is 19.1 Å². The molecule has 20 heavy (non-hydrogen) atoms. The smallest absolute Gasteiger partial charge is 0.111 e. The highest BCUT2D eigenvalue weighted by atomic mass is 16.6. The Morgan fingerprint density at radius 3 is 2.60 bits per heavy atom. The molecule has 0 aliphatic carbocycles. The fraction of sp³-hybridized carbons (Fsp3) is 0.867. The first-order chi connectivity index (χ1) is 9.70. The summed E-state index contributed by atoms with van der Waals surface area (Å²) >= 11 is 0. The van der Waals surface area contributed by atoms with E-state index in [-0.39, 0.29) is 13.2 Å². The number of unbranched alkanes of at least 4 members (excludes halogenated alkanes) is 3. The molecule has 4 atom stereocenters. The lowest BCUT2D eigenvalue weighted by molar-refractivity contribution is -0.208. The number of hydrogen-bond donors (Lipinski definition) is 3. The highest BCUT2D eigenvalue weighted by Crippen LogP contribution is 2.18. The van der Waals surface area contributed by atoms with Gasteiger partial charge in [0, 0.05) is 6.61 Å². The Morgan fingerprint density at radius 2 is 1.90 bits per heavy atom. The van der Waals surface area contributed by atoms with E-state index in [1.165, 1.54) is 6.42 Å². The van der Waals surface area contributed by atoms with Crippen LogP contribution in [0.25, 0.3) is 0 Å². The molecule has 1 fully saturated rings. The summed E-state index contributed by atoms with van der Waals surface area (Å²) in [5.41, 5.74) is 0. The third-order valence-corrected chi connectivity index (χ3v) is 3.49. The molecule has 0 spiro atoms. The van der Waals surface area contributed by atoms with Gasteiger partial charge in [-0.25, -0.2) is 0 Å². The summed E-state index contributed by atoms with van der Waals surface area (Å²) in [7, 11) is 0. The summed E-state index contributed by atoms with van der Waals surface area (Å²) in [5, 5.41) is 28.5. The topological polar surface area (TPSA) is 79.2 Å². The van der Waals surface area contributed by atoms with Gasteiger partial charge in [0.2, 0.25) is 0 Å². The summed E-state index contributed by atoms with van der Waals surface area (Å²) in [5.74, 6) is 0. The van der Waals surface area contributed by atoms with Gasteiger partial charge < -0.3 is 24.8 Å². The molecule has 0 unspecified atom stereocenters. The number of allylic oxidation sites excluding steroid dienone is 2. The second-order valence-corrected chi connectivity index (χ2v) is 5.20. The Balaban J connectivity index is 2.10. The van der Waals surface area contributed by atoms with Gasteiger partial charge in [-0.1, -0.05) is 25.5 Å². The van der Waals surface area contributed by atoms with E-state index < -0.39 is 24.4 Å². The zero-order valence-electron chi connectivity index (χ0n) is 12.3. The van der Waals surface area contributed by atoms with Crippen molar-refractivity contribution >= 4 is 0 Å². The van der Waals surface area contributed by atoms with Crippen LogP contribution in [0.1, 0.15) is 39.0 Å². The molecule has 1 rings (SSSR count). The van der Waals surface area contributed by atoms with E-state index in [0.29, 0.717) is 6.61 Å². The van der Waals surface area contributed by atoms with Gasteiger partial charge in [0.05, 0.1) is 13.2 Å². The molecule has 3 N–H and O–H groups in total. The molecular formula is C15H28O5. The molecular weight excluding hydrogens is 260 g/mol. The van der Waals surface area contributed by atoms with E-state index >= 15 is 0 Å². The summed E-state index contributed by atoms with van der Waals surface area (Å²) < 4.78 is 10.8. The fourth-order valence-electron chi connectivity index (χ4n) is 2.16. The van der Waals surface area contributed by atoms with Crippen LogP contribution in [-0.4, -0.2) is 59.6 Å². The summed E-state index contributed by atoms with van der Waals surface area (Å²) in [6, 6.07) is 0. The van der Waals surface area contributed by atoms with E-state index in [4.69, 9.17) is 14.6 Å². The lowest BCUT2D eigenvalue weighted by atomic mass is 10.0. The van der Waals surface area contributed by atoms with Crippen LogP contribution in [-0.2, 0) is 9.47 Å². The van der Waals surface area contributed by atoms with Crippen molar-refractivity contribution in [3.05, 3.63) is 12.2 Å². The van der Waals surface area contributed by atoms with Crippen LogP contribution >= 0.6 is 0 Å². The van der Waals surface area contributed by atoms with Gasteiger partial charge in [0.15, 0.2) is 0 Å². The van der Waals surface area contributed by atoms with Gasteiger partial charge in [-0.05, 0) is 25.7 Å². The van der Waals surface area contributed by atoms with Crippen molar-refractivity contribution in [3.8, 4) is 0 Å². The Hall–Kier alpha value is -0.460. The van der Waals surface area contributed by atoms with E-state index in [9.17, 15) is 10.2 Å². The molecule has 0 bridgehead atoms. The Bertz CT molecular complexity index is 269. The first-order valence-electron chi connectivity index (χ1n) is 7.55. The number of hydrogen-bond acceptors (Lipinski definition) is 5. The maximum Gasteiger partial charge on any atom is 0.111 e. The van der Waals surface area contributed by atoms with Crippen molar-refractivity contribution in [1.82, 2.24) is 0 Å². The fourth-order valence-corrected chi connectivity index (χ4v) is 2.16. The molecule has 0 aromatic rings. The Labute approximate surface area is 121 Å². The van der Waals surface area contributed by atoms with Crippen molar-refractivity contribution in [1.29, 1.82) is 0 Å². The second-order valence-electron chi connectivity index (χ2n) is 5.20. The van der Waals surface area contributed by atoms with Crippen LogP contribution in [0.2, 0.25) is 0 Å². The molecule has 5 nitrogen and oxygen atoms in total. The maximum absolute atomic E-state index is 9.86. The molecule has 1 aliphatic rings. The SMILES string of the molecule is CCC/C=C/CCCCO[C@@H]1CO[C@@H](CO)[C@H](O)[C@H]1O. The van der Waals surface area contributed by atoms with Crippen LogP contribution < -0.4 is 0 Å². The molecule has 0 amide bonds. The van der Waals surface area contributed by atoms with Crippen LogP contribution in [0.15, 0.2) is 12.2 Å². The quantitative estimate of drug-likeness (QED) is 0.436. The molecule has 5 heteroatoms. The highest BCUT2D eigenvalue weighted by Gasteiger charge is 2.38. The molecule has 0 radical (unpaired) electrons. The highest BCUT2D eigenvalue weighted by molar-refractivity contribution is 4.87. The van der Waals surface area contributed by atoms with Crippen molar-refractivity contribution in [2.75, 3.05) is 19.8 Å². The zero-order chi connectivity index (χ0) is 14.8. The average molecular weight is 288 g/mol. The number of aliphatic hydroxyl groups is 3. The van der Waals surface area contributed by atoms with Crippen molar-refractivity contribution in [2.45, 2.75) is 63.4 Å². The third kappa shape index (κ3) is 5.89. The first kappa shape index (κ1) is 17.6. The van der Waals surface area contributed by atoms with Gasteiger partial charge in [-0.15, -0.1) is 0 Å². The van der Waals surface area contributed by atoms with E-state index in [1.807, 2.05) is 0 Å². The number of aliphatic hydroxyl groups excluding tert-OH is 3. The monoisotopic (exact) mass is 288 g/mol. The van der Waals surface area contributed by atoms with Gasteiger partial charge in [0.1, 0.15) is 24.4 Å². The van der Waals surface area contributed by atoms with Gasteiger partial charge >= 0.3 is 0 Å². The van der Waals surface area contributed by atoms with Crippen molar-refractivity contribution in [2.24, 2.45) is 0 Å². The molecule has 1 aliphatic heterocycles. The Kier molecular flexibility index (Phi) is 9.05. The van der Waals surface area contributed by atoms with Crippen LogP contribution in [0, 0.1) is 0 Å². The summed E-state index contributed by atoms with van der Waals surface area (Å²) in [4.78, 5) is 0. The zero-order valence-corrected chi connectivity index (χ0v) is 12.3. The standard InChI is InChI=1S/C15H28O5/c1-2-3-4-5-6-7-8-9-19-13-11-20-12(10-16)14(17)15(13)18/h4-5,12-18H,2-3,6-11H2,1H3/b5-4+/t12-,13+,14-,15-/m0/s1. The van der Waals surface area contributed by atoms with Gasteiger partial charge in [0.25, 0.3) is 0 Å². The molecule has 0 aromatic heterocycles. The minimum atomic E-state index is -1.09. The normalized spacial score (nSPS) is 31.0. The average Bonchev–Trinajstić information content (AvgIpc) is 2.46. The van der Waals surface area contributed by atoms with E-state index in [1.54, 1.807) is 0 Å². The first-order valence-corrected chi connectivity index (χ1v) is 7.55. The number of rotatable bonds is 9. The molecule has 118 valence electrons. The third-order valence-electron chi connectivity index (χ3n) is 3.49. The molecule has 1 saturated heterocycles. The lowest BCUT2D eigenvalue weighted by Gasteiger charge is -2.36. The molecule has 1 heterocycles. The second kappa shape index (κ2) is 10.3. The summed E-state index contributed by atoms with van der Waals surface area (Å²) in [6.07, 6.45) is 6.40. The van der Waals surface area contributed by atoms with Crippen LogP contribution in [0.4, 0.5) is 0 Å². The summed E-state index contributed by atoms with van der Waals surface area (Å²) in [6.45, 7) is 2.61. The van der Waals surface area contributed by atoms with Gasteiger partial charge in [-0.3, -0.25) is 0 Å². The van der Waals surface area contributed by atoms with Crippen molar-refractivity contribution < 1.29 is 24.8 Å². The van der Waals surface area contributed by atoms with Crippen LogP contribution in [0.5, 0.6) is 0 Å². The predicted molar refractivity (Wildman–Crippen MR) is 76.5 cm³/mol. The lowest BCUT2D eigenvalue weighted by Crippen LogP contribution is -2.55. The van der Waals surface area contributed by atoms with Crippen molar-refractivity contribution in [3.63, 3.8) is 0 Å². The van der Waals surface area contributed by atoms with Crippen LogP contribution in [0.3, 0.4) is 0 Å². The van der Waals surface area contributed by atoms with E-state index in [0.717, 1.165) is 25.7 Å². The minimum absolute atomic E-state index is 0.208. The largest absolute Gasteiger partial charge is 0.394 e.